The van der Waals surface area contributed by atoms with Crippen molar-refractivity contribution < 1.29 is 4.79 Å². The summed E-state index contributed by atoms with van der Waals surface area (Å²) in [5.74, 6) is -0.0910. The number of carbonyl (C=O) groups excluding carboxylic acids is 1. The van der Waals surface area contributed by atoms with Gasteiger partial charge < -0.3 is 5.32 Å². The summed E-state index contributed by atoms with van der Waals surface area (Å²) in [6.07, 6.45) is 3.27. The van der Waals surface area contributed by atoms with Gasteiger partial charge in [0.2, 0.25) is 5.91 Å². The van der Waals surface area contributed by atoms with E-state index >= 15 is 0 Å². The average Bonchev–Trinajstić information content (AvgIpc) is 2.19. The molecule has 1 rings (SSSR count). The van der Waals surface area contributed by atoms with Gasteiger partial charge in [-0.1, -0.05) is 23.7 Å². The van der Waals surface area contributed by atoms with E-state index in [1.54, 1.807) is 6.08 Å². The lowest BCUT2D eigenvalue weighted by molar-refractivity contribution is -0.116. The van der Waals surface area contributed by atoms with Gasteiger partial charge in [0, 0.05) is 17.1 Å². The van der Waals surface area contributed by atoms with Crippen LogP contribution in [0.1, 0.15) is 25.0 Å². The molecule has 16 heavy (non-hydrogen) atoms. The number of hydrogen-bond donors (Lipinski definition) is 1. The van der Waals surface area contributed by atoms with E-state index in [2.05, 4.69) is 5.32 Å². The molecule has 86 valence electrons. The highest BCUT2D eigenvalue weighted by molar-refractivity contribution is 6.31. The normalized spacial score (nSPS) is 11.1. The summed E-state index contributed by atoms with van der Waals surface area (Å²) in [7, 11) is 0. The molecule has 1 N–H and O–H groups in total. The van der Waals surface area contributed by atoms with Crippen molar-refractivity contribution in [1.29, 1.82) is 0 Å². The standard InChI is InChI=1S/C13H16ClNO/c1-9(2)15-13(16)7-6-11-5-4-10(3)12(14)8-11/h4-9H,1-3H3,(H,15,16). The van der Waals surface area contributed by atoms with Crippen LogP contribution in [0.5, 0.6) is 0 Å². The van der Waals surface area contributed by atoms with Crippen LogP contribution in [0, 0.1) is 6.92 Å². The third-order valence-electron chi connectivity index (χ3n) is 2.05. The number of amides is 1. The molecule has 0 atom stereocenters. The second kappa shape index (κ2) is 5.71. The SMILES string of the molecule is Cc1ccc(C=CC(=O)NC(C)C)cc1Cl. The molecule has 0 unspecified atom stereocenters. The number of aryl methyl sites for hydroxylation is 1. The number of carbonyl (C=O) groups is 1. The van der Waals surface area contributed by atoms with Gasteiger partial charge in [-0.15, -0.1) is 0 Å². The van der Waals surface area contributed by atoms with E-state index in [0.717, 1.165) is 11.1 Å². The van der Waals surface area contributed by atoms with Gasteiger partial charge in [0.15, 0.2) is 0 Å². The predicted molar refractivity (Wildman–Crippen MR) is 68.5 cm³/mol. The van der Waals surface area contributed by atoms with E-state index < -0.39 is 0 Å². The Morgan fingerprint density at radius 2 is 2.12 bits per heavy atom. The number of hydrogen-bond acceptors (Lipinski definition) is 1. The van der Waals surface area contributed by atoms with Crippen molar-refractivity contribution in [3.63, 3.8) is 0 Å². The molecule has 0 radical (unpaired) electrons. The van der Waals surface area contributed by atoms with E-state index in [4.69, 9.17) is 11.6 Å². The van der Waals surface area contributed by atoms with Crippen molar-refractivity contribution in [3.8, 4) is 0 Å². The van der Waals surface area contributed by atoms with Crippen LogP contribution < -0.4 is 5.32 Å². The first kappa shape index (κ1) is 12.8. The molecule has 1 aromatic carbocycles. The summed E-state index contributed by atoms with van der Waals surface area (Å²) in [5.41, 5.74) is 1.96. The summed E-state index contributed by atoms with van der Waals surface area (Å²) in [6, 6.07) is 5.86. The number of benzene rings is 1. The van der Waals surface area contributed by atoms with Crippen LogP contribution in [0.15, 0.2) is 24.3 Å². The molecule has 0 aliphatic carbocycles. The van der Waals surface area contributed by atoms with E-state index in [0.29, 0.717) is 5.02 Å². The van der Waals surface area contributed by atoms with E-state index in [1.165, 1.54) is 6.08 Å². The molecule has 1 aromatic rings. The highest BCUT2D eigenvalue weighted by atomic mass is 35.5. The minimum Gasteiger partial charge on any atom is -0.350 e. The molecule has 1 amide bonds. The summed E-state index contributed by atoms with van der Waals surface area (Å²) < 4.78 is 0. The van der Waals surface area contributed by atoms with Gasteiger partial charge in [-0.25, -0.2) is 0 Å². The maximum atomic E-state index is 11.3. The lowest BCUT2D eigenvalue weighted by Crippen LogP contribution is -2.28. The summed E-state index contributed by atoms with van der Waals surface area (Å²) in [5, 5.41) is 3.49. The van der Waals surface area contributed by atoms with Crippen LogP contribution in [-0.2, 0) is 4.79 Å². The molecular formula is C13H16ClNO. The number of nitrogens with one attached hydrogen (secondary N) is 1. The Labute approximate surface area is 101 Å². The molecule has 0 aliphatic rings. The molecule has 0 heterocycles. The molecule has 0 spiro atoms. The van der Waals surface area contributed by atoms with Crippen molar-refractivity contribution >= 4 is 23.6 Å². The van der Waals surface area contributed by atoms with E-state index in [-0.39, 0.29) is 11.9 Å². The fourth-order valence-electron chi connectivity index (χ4n) is 1.22. The van der Waals surface area contributed by atoms with Gasteiger partial charge in [0.05, 0.1) is 0 Å². The molecule has 0 aromatic heterocycles. The van der Waals surface area contributed by atoms with Gasteiger partial charge >= 0.3 is 0 Å². The van der Waals surface area contributed by atoms with Crippen LogP contribution >= 0.6 is 11.6 Å². The predicted octanol–water partition coefficient (Wildman–Crippen LogP) is 3.19. The Kier molecular flexibility index (Phi) is 4.56. The molecule has 0 fully saturated rings. The van der Waals surface area contributed by atoms with Crippen LogP contribution in [0.4, 0.5) is 0 Å². The number of rotatable bonds is 3. The van der Waals surface area contributed by atoms with Crippen molar-refractivity contribution in [2.45, 2.75) is 26.8 Å². The molecule has 0 saturated carbocycles. The Hall–Kier alpha value is -1.28. The first-order valence-corrected chi connectivity index (χ1v) is 5.61. The highest BCUT2D eigenvalue weighted by Gasteiger charge is 1.98. The monoisotopic (exact) mass is 237 g/mol. The number of halogens is 1. The van der Waals surface area contributed by atoms with Crippen LogP contribution in [0.25, 0.3) is 6.08 Å². The molecular weight excluding hydrogens is 222 g/mol. The summed E-state index contributed by atoms with van der Waals surface area (Å²) in [6.45, 7) is 5.80. The first-order valence-electron chi connectivity index (χ1n) is 5.24. The first-order chi connectivity index (χ1) is 7.49. The van der Waals surface area contributed by atoms with E-state index in [9.17, 15) is 4.79 Å². The summed E-state index contributed by atoms with van der Waals surface area (Å²) in [4.78, 5) is 11.3. The van der Waals surface area contributed by atoms with Gasteiger partial charge in [0.1, 0.15) is 0 Å². The second-order valence-electron chi connectivity index (χ2n) is 4.01. The van der Waals surface area contributed by atoms with Crippen LogP contribution in [-0.4, -0.2) is 11.9 Å². The smallest absolute Gasteiger partial charge is 0.244 e. The largest absolute Gasteiger partial charge is 0.350 e. The van der Waals surface area contributed by atoms with Crippen LogP contribution in [0.3, 0.4) is 0 Å². The minimum atomic E-state index is -0.0910. The maximum Gasteiger partial charge on any atom is 0.244 e. The zero-order valence-corrected chi connectivity index (χ0v) is 10.5. The third-order valence-corrected chi connectivity index (χ3v) is 2.46. The Bertz CT molecular complexity index is 410. The van der Waals surface area contributed by atoms with Crippen molar-refractivity contribution in [2.24, 2.45) is 0 Å². The van der Waals surface area contributed by atoms with Gasteiger partial charge in [0.25, 0.3) is 0 Å². The second-order valence-corrected chi connectivity index (χ2v) is 4.41. The van der Waals surface area contributed by atoms with Crippen molar-refractivity contribution in [3.05, 3.63) is 40.4 Å². The zero-order chi connectivity index (χ0) is 12.1. The topological polar surface area (TPSA) is 29.1 Å². The lowest BCUT2D eigenvalue weighted by atomic mass is 10.1. The van der Waals surface area contributed by atoms with Gasteiger partial charge in [-0.05, 0) is 44.0 Å². The van der Waals surface area contributed by atoms with Crippen molar-refractivity contribution in [2.75, 3.05) is 0 Å². The fraction of sp³-hybridized carbons (Fsp3) is 0.308. The summed E-state index contributed by atoms with van der Waals surface area (Å²) >= 11 is 5.98. The molecule has 3 heteroatoms. The van der Waals surface area contributed by atoms with Crippen molar-refractivity contribution in [1.82, 2.24) is 5.32 Å². The Morgan fingerprint density at radius 1 is 1.44 bits per heavy atom. The maximum absolute atomic E-state index is 11.3. The van der Waals surface area contributed by atoms with Gasteiger partial charge in [-0.2, -0.15) is 0 Å². The average molecular weight is 238 g/mol. The molecule has 2 nitrogen and oxygen atoms in total. The molecule has 0 bridgehead atoms. The minimum absolute atomic E-state index is 0.0910. The fourth-order valence-corrected chi connectivity index (χ4v) is 1.41. The van der Waals surface area contributed by atoms with Crippen LogP contribution in [0.2, 0.25) is 5.02 Å². The molecule has 0 saturated heterocycles. The quantitative estimate of drug-likeness (QED) is 0.804. The Balaban J connectivity index is 2.69. The zero-order valence-electron chi connectivity index (χ0n) is 9.75. The van der Waals surface area contributed by atoms with E-state index in [1.807, 2.05) is 39.0 Å². The molecule has 0 aliphatic heterocycles. The Morgan fingerprint density at radius 3 is 2.69 bits per heavy atom. The highest BCUT2D eigenvalue weighted by Crippen LogP contribution is 2.17. The lowest BCUT2D eigenvalue weighted by Gasteiger charge is -2.04. The van der Waals surface area contributed by atoms with Gasteiger partial charge in [-0.3, -0.25) is 4.79 Å². The third kappa shape index (κ3) is 4.07.